The van der Waals surface area contributed by atoms with Crippen molar-refractivity contribution in [2.45, 2.75) is 19.4 Å². The first-order valence-corrected chi connectivity index (χ1v) is 8.72. The number of benzene rings is 2. The van der Waals surface area contributed by atoms with Gasteiger partial charge in [0, 0.05) is 31.3 Å². The number of amides is 2. The Morgan fingerprint density at radius 3 is 2.62 bits per heavy atom. The number of carbonyl (C=O) groups excluding carboxylic acids is 2. The van der Waals surface area contributed by atoms with E-state index in [1.54, 1.807) is 17.0 Å². The molecule has 2 aromatic carbocycles. The van der Waals surface area contributed by atoms with Crippen LogP contribution in [-0.4, -0.2) is 27.9 Å². The highest BCUT2D eigenvalue weighted by atomic mass is 16.2. The van der Waals surface area contributed by atoms with Crippen LogP contribution in [0.5, 0.6) is 0 Å². The number of rotatable bonds is 4. The number of nitrogens with one attached hydrogen (secondary N) is 1. The number of fused-ring (bicyclic) bond motifs is 1. The van der Waals surface area contributed by atoms with Gasteiger partial charge in [-0.05, 0) is 42.8 Å². The molecule has 1 aromatic heterocycles. The van der Waals surface area contributed by atoms with Gasteiger partial charge >= 0.3 is 0 Å². The standard InChI is InChI=1S/C20H20N4O2/c1-23-17-6-3-2-5-16(17)22-18(23)13-21-20(26)14-8-10-15(11-9-14)24-12-4-7-19(24)25/h2-3,5-6,8-11H,4,7,12-13H2,1H3,(H,21,26). The summed E-state index contributed by atoms with van der Waals surface area (Å²) in [7, 11) is 1.94. The van der Waals surface area contributed by atoms with Gasteiger partial charge in [-0.2, -0.15) is 0 Å². The lowest BCUT2D eigenvalue weighted by Crippen LogP contribution is -2.25. The molecule has 0 atom stereocenters. The molecule has 1 aliphatic heterocycles. The largest absolute Gasteiger partial charge is 0.345 e. The smallest absolute Gasteiger partial charge is 0.251 e. The van der Waals surface area contributed by atoms with E-state index in [1.165, 1.54) is 0 Å². The molecule has 4 rings (SSSR count). The maximum Gasteiger partial charge on any atom is 0.251 e. The second kappa shape index (κ2) is 6.63. The van der Waals surface area contributed by atoms with Crippen molar-refractivity contribution >= 4 is 28.5 Å². The molecule has 0 aliphatic carbocycles. The number of anilines is 1. The van der Waals surface area contributed by atoms with Crippen molar-refractivity contribution in [3.63, 3.8) is 0 Å². The van der Waals surface area contributed by atoms with Crippen LogP contribution in [-0.2, 0) is 18.4 Å². The van der Waals surface area contributed by atoms with Gasteiger partial charge < -0.3 is 14.8 Å². The third-order valence-corrected chi connectivity index (χ3v) is 4.80. The Bertz CT molecular complexity index is 975. The van der Waals surface area contributed by atoms with Gasteiger partial charge in [0.2, 0.25) is 5.91 Å². The minimum Gasteiger partial charge on any atom is -0.345 e. The van der Waals surface area contributed by atoms with E-state index in [1.807, 2.05) is 48.0 Å². The van der Waals surface area contributed by atoms with Crippen LogP contribution in [0, 0.1) is 0 Å². The summed E-state index contributed by atoms with van der Waals surface area (Å²) in [5, 5.41) is 2.91. The summed E-state index contributed by atoms with van der Waals surface area (Å²) in [4.78, 5) is 30.5. The number of carbonyl (C=O) groups is 2. The van der Waals surface area contributed by atoms with Crippen LogP contribution in [0.4, 0.5) is 5.69 Å². The first-order chi connectivity index (χ1) is 12.6. The van der Waals surface area contributed by atoms with Crippen LogP contribution < -0.4 is 10.2 Å². The van der Waals surface area contributed by atoms with Crippen molar-refractivity contribution in [3.05, 3.63) is 59.9 Å². The van der Waals surface area contributed by atoms with Gasteiger partial charge in [0.15, 0.2) is 0 Å². The molecule has 0 spiro atoms. The summed E-state index contributed by atoms with van der Waals surface area (Å²) in [5.74, 6) is 0.791. The van der Waals surface area contributed by atoms with Crippen molar-refractivity contribution in [1.82, 2.24) is 14.9 Å². The quantitative estimate of drug-likeness (QED) is 0.788. The van der Waals surface area contributed by atoms with Crippen molar-refractivity contribution in [2.24, 2.45) is 7.05 Å². The van der Waals surface area contributed by atoms with E-state index in [-0.39, 0.29) is 11.8 Å². The topological polar surface area (TPSA) is 67.2 Å². The van der Waals surface area contributed by atoms with Crippen LogP contribution in [0.25, 0.3) is 11.0 Å². The molecule has 2 heterocycles. The molecular formula is C20H20N4O2. The Kier molecular flexibility index (Phi) is 4.16. The Hall–Kier alpha value is -3.15. The fraction of sp³-hybridized carbons (Fsp3) is 0.250. The highest BCUT2D eigenvalue weighted by molar-refractivity contribution is 5.97. The molecular weight excluding hydrogens is 328 g/mol. The average Bonchev–Trinajstić information content (AvgIpc) is 3.23. The van der Waals surface area contributed by atoms with Crippen LogP contribution in [0.1, 0.15) is 29.0 Å². The predicted octanol–water partition coefficient (Wildman–Crippen LogP) is 2.63. The van der Waals surface area contributed by atoms with Gasteiger partial charge in [-0.25, -0.2) is 4.98 Å². The first kappa shape index (κ1) is 16.3. The third-order valence-electron chi connectivity index (χ3n) is 4.80. The van der Waals surface area contributed by atoms with Gasteiger partial charge in [-0.15, -0.1) is 0 Å². The van der Waals surface area contributed by atoms with Crippen molar-refractivity contribution < 1.29 is 9.59 Å². The summed E-state index contributed by atoms with van der Waals surface area (Å²) in [6.07, 6.45) is 1.49. The maximum absolute atomic E-state index is 12.4. The van der Waals surface area contributed by atoms with Crippen LogP contribution >= 0.6 is 0 Å². The lowest BCUT2D eigenvalue weighted by molar-refractivity contribution is -0.117. The summed E-state index contributed by atoms with van der Waals surface area (Å²) in [6.45, 7) is 1.10. The Labute approximate surface area is 151 Å². The summed E-state index contributed by atoms with van der Waals surface area (Å²) in [6, 6.07) is 15.0. The van der Waals surface area contributed by atoms with Crippen molar-refractivity contribution in [2.75, 3.05) is 11.4 Å². The van der Waals surface area contributed by atoms with Gasteiger partial charge in [0.05, 0.1) is 17.6 Å². The minimum atomic E-state index is -0.156. The number of nitrogens with zero attached hydrogens (tertiary/aromatic N) is 3. The van der Waals surface area contributed by atoms with Crippen molar-refractivity contribution in [3.8, 4) is 0 Å². The molecule has 132 valence electrons. The fourth-order valence-electron chi connectivity index (χ4n) is 3.33. The molecule has 2 amide bonds. The van der Waals surface area contributed by atoms with Gasteiger partial charge in [-0.3, -0.25) is 9.59 Å². The van der Waals surface area contributed by atoms with Crippen LogP contribution in [0.2, 0.25) is 0 Å². The summed E-state index contributed by atoms with van der Waals surface area (Å²) >= 11 is 0. The Morgan fingerprint density at radius 2 is 1.92 bits per heavy atom. The lowest BCUT2D eigenvalue weighted by Gasteiger charge is -2.15. The van der Waals surface area contributed by atoms with Gasteiger partial charge in [0.1, 0.15) is 5.82 Å². The molecule has 0 saturated carbocycles. The average molecular weight is 348 g/mol. The number of hydrogen-bond acceptors (Lipinski definition) is 3. The zero-order chi connectivity index (χ0) is 18.1. The molecule has 3 aromatic rings. The Morgan fingerprint density at radius 1 is 1.15 bits per heavy atom. The molecule has 0 unspecified atom stereocenters. The Balaban J connectivity index is 1.44. The monoisotopic (exact) mass is 348 g/mol. The van der Waals surface area contributed by atoms with Gasteiger partial charge in [-0.1, -0.05) is 12.1 Å². The maximum atomic E-state index is 12.4. The number of para-hydroxylation sites is 2. The normalized spacial score (nSPS) is 14.2. The highest BCUT2D eigenvalue weighted by Crippen LogP contribution is 2.21. The number of aromatic nitrogens is 2. The number of hydrogen-bond donors (Lipinski definition) is 1. The third kappa shape index (κ3) is 2.94. The molecule has 6 nitrogen and oxygen atoms in total. The van der Waals surface area contributed by atoms with E-state index in [4.69, 9.17) is 0 Å². The molecule has 1 aliphatic rings. The summed E-state index contributed by atoms with van der Waals surface area (Å²) < 4.78 is 1.98. The fourth-order valence-corrected chi connectivity index (χ4v) is 3.33. The predicted molar refractivity (Wildman–Crippen MR) is 99.9 cm³/mol. The molecule has 1 saturated heterocycles. The van der Waals surface area contributed by atoms with E-state index in [0.29, 0.717) is 18.5 Å². The first-order valence-electron chi connectivity index (χ1n) is 8.72. The molecule has 0 bridgehead atoms. The van der Waals surface area contributed by atoms with Gasteiger partial charge in [0.25, 0.3) is 5.91 Å². The second-order valence-electron chi connectivity index (χ2n) is 6.45. The SMILES string of the molecule is Cn1c(CNC(=O)c2ccc(N3CCCC3=O)cc2)nc2ccccc21. The molecule has 0 radical (unpaired) electrons. The molecule has 1 N–H and O–H groups in total. The summed E-state index contributed by atoms with van der Waals surface area (Å²) in [5.41, 5.74) is 3.37. The number of imidazole rings is 1. The van der Waals surface area contributed by atoms with Crippen LogP contribution in [0.15, 0.2) is 48.5 Å². The molecule has 1 fully saturated rings. The van der Waals surface area contributed by atoms with Crippen molar-refractivity contribution in [1.29, 1.82) is 0 Å². The molecule has 26 heavy (non-hydrogen) atoms. The zero-order valence-corrected chi connectivity index (χ0v) is 14.6. The molecule has 6 heteroatoms. The van der Waals surface area contributed by atoms with E-state index >= 15 is 0 Å². The minimum absolute atomic E-state index is 0.143. The van der Waals surface area contributed by atoms with E-state index in [9.17, 15) is 9.59 Å². The zero-order valence-electron chi connectivity index (χ0n) is 14.6. The van der Waals surface area contributed by atoms with Crippen LogP contribution in [0.3, 0.4) is 0 Å². The number of aryl methyl sites for hydroxylation is 1. The second-order valence-corrected chi connectivity index (χ2v) is 6.45. The highest BCUT2D eigenvalue weighted by Gasteiger charge is 2.21. The van der Waals surface area contributed by atoms with E-state index in [2.05, 4.69) is 10.3 Å². The van der Waals surface area contributed by atoms with E-state index < -0.39 is 0 Å². The lowest BCUT2D eigenvalue weighted by atomic mass is 10.2. The van der Waals surface area contributed by atoms with E-state index in [0.717, 1.165) is 35.5 Å².